The Hall–Kier alpha value is -3.65. The molecule has 182 valence electrons. The third-order valence-electron chi connectivity index (χ3n) is 7.11. The number of anilines is 4. The number of aromatic nitrogens is 2. The van der Waals surface area contributed by atoms with Gasteiger partial charge in [0.15, 0.2) is 0 Å². The maximum Gasteiger partial charge on any atom is 0.240 e. The molecule has 0 saturated carbocycles. The van der Waals surface area contributed by atoms with Crippen LogP contribution in [0, 0.1) is 0 Å². The van der Waals surface area contributed by atoms with Crippen LogP contribution in [0.25, 0.3) is 11.3 Å². The first kappa shape index (κ1) is 23.1. The summed E-state index contributed by atoms with van der Waals surface area (Å²) in [5.74, 6) is 0.297. The molecule has 2 fully saturated rings. The largest absolute Gasteiger partial charge is 0.370 e. The van der Waals surface area contributed by atoms with E-state index in [0.717, 1.165) is 55.1 Å². The molecule has 35 heavy (non-hydrogen) atoms. The van der Waals surface area contributed by atoms with Gasteiger partial charge in [-0.2, -0.15) is 0 Å². The Balaban J connectivity index is 1.25. The van der Waals surface area contributed by atoms with Crippen LogP contribution in [0.4, 0.5) is 23.0 Å². The molecular formula is C27H33N7O. The van der Waals surface area contributed by atoms with Crippen molar-refractivity contribution in [2.75, 3.05) is 48.8 Å². The fourth-order valence-corrected chi connectivity index (χ4v) is 5.06. The second kappa shape index (κ2) is 9.92. The van der Waals surface area contributed by atoms with Gasteiger partial charge in [0.05, 0.1) is 5.69 Å². The normalized spacial score (nSPS) is 20.0. The van der Waals surface area contributed by atoms with Crippen molar-refractivity contribution in [2.24, 2.45) is 5.73 Å². The van der Waals surface area contributed by atoms with Crippen molar-refractivity contribution in [3.05, 3.63) is 60.8 Å². The molecule has 0 bridgehead atoms. The van der Waals surface area contributed by atoms with E-state index in [1.54, 1.807) is 6.20 Å². The van der Waals surface area contributed by atoms with Crippen molar-refractivity contribution in [1.82, 2.24) is 14.9 Å². The predicted octanol–water partition coefficient (Wildman–Crippen LogP) is 3.48. The van der Waals surface area contributed by atoms with Crippen LogP contribution in [-0.2, 0) is 4.79 Å². The van der Waals surface area contributed by atoms with Gasteiger partial charge in [-0.15, -0.1) is 0 Å². The van der Waals surface area contributed by atoms with Crippen LogP contribution >= 0.6 is 0 Å². The molecule has 5 rings (SSSR count). The number of nitrogens with one attached hydrogen (secondary N) is 1. The van der Waals surface area contributed by atoms with Gasteiger partial charge in [-0.05, 0) is 75.8 Å². The number of hydrogen-bond donors (Lipinski definition) is 2. The molecule has 2 atom stereocenters. The van der Waals surface area contributed by atoms with Crippen LogP contribution in [0.3, 0.4) is 0 Å². The minimum absolute atomic E-state index is 0.220. The van der Waals surface area contributed by atoms with Crippen LogP contribution in [0.1, 0.15) is 19.3 Å². The van der Waals surface area contributed by atoms with Gasteiger partial charge in [0.25, 0.3) is 0 Å². The number of carbonyl (C=O) groups excluding carboxylic acids is 1. The first-order chi connectivity index (χ1) is 17.0. The van der Waals surface area contributed by atoms with E-state index in [-0.39, 0.29) is 11.9 Å². The van der Waals surface area contributed by atoms with E-state index in [1.807, 2.05) is 30.3 Å². The van der Waals surface area contributed by atoms with Gasteiger partial charge >= 0.3 is 0 Å². The van der Waals surface area contributed by atoms with Gasteiger partial charge in [-0.25, -0.2) is 9.97 Å². The van der Waals surface area contributed by atoms with Crippen LogP contribution in [0.2, 0.25) is 0 Å². The Morgan fingerprint density at radius 3 is 2.43 bits per heavy atom. The summed E-state index contributed by atoms with van der Waals surface area (Å²) in [4.78, 5) is 27.7. The van der Waals surface area contributed by atoms with Crippen LogP contribution in [0.5, 0.6) is 0 Å². The summed E-state index contributed by atoms with van der Waals surface area (Å²) in [5, 5.41) is 3.32. The third kappa shape index (κ3) is 5.07. The van der Waals surface area contributed by atoms with Crippen molar-refractivity contribution in [2.45, 2.75) is 31.3 Å². The maximum atomic E-state index is 11.7. The van der Waals surface area contributed by atoms with Gasteiger partial charge in [0.2, 0.25) is 11.9 Å². The molecule has 8 heteroatoms. The first-order valence-electron chi connectivity index (χ1n) is 12.3. The Bertz CT molecular complexity index is 1160. The van der Waals surface area contributed by atoms with Crippen molar-refractivity contribution < 1.29 is 4.79 Å². The molecule has 3 aromatic rings. The predicted molar refractivity (Wildman–Crippen MR) is 141 cm³/mol. The van der Waals surface area contributed by atoms with Crippen molar-refractivity contribution in [3.63, 3.8) is 0 Å². The summed E-state index contributed by atoms with van der Waals surface area (Å²) in [5.41, 5.74) is 10.6. The summed E-state index contributed by atoms with van der Waals surface area (Å²) >= 11 is 0. The number of benzene rings is 2. The number of hydrogen-bond acceptors (Lipinski definition) is 7. The standard InChI is InChI=1S/C27H33N7O/c1-32(2)23-14-17-33(18-23)21-11-7-20(8-12-21)30-27-29-15-13-24(31-27)19-5-9-22(10-6-19)34-16-3-4-25(34)26(28)35/h5-13,15,23,25H,3-4,14,16-18H2,1-2H3,(H2,28,35)(H,29,30,31)/t23-,25-/m1/s1. The number of amides is 1. The molecule has 8 nitrogen and oxygen atoms in total. The lowest BCUT2D eigenvalue weighted by atomic mass is 10.1. The van der Waals surface area contributed by atoms with E-state index >= 15 is 0 Å². The van der Waals surface area contributed by atoms with Gasteiger partial charge in [-0.1, -0.05) is 12.1 Å². The Morgan fingerprint density at radius 2 is 1.74 bits per heavy atom. The molecule has 0 unspecified atom stereocenters. The quantitative estimate of drug-likeness (QED) is 0.545. The van der Waals surface area contributed by atoms with E-state index in [1.165, 1.54) is 12.1 Å². The van der Waals surface area contributed by atoms with Gasteiger partial charge in [0, 0.05) is 54.5 Å². The summed E-state index contributed by atoms with van der Waals surface area (Å²) in [6.07, 6.45) is 4.75. The molecule has 2 aliphatic heterocycles. The number of rotatable bonds is 7. The maximum absolute atomic E-state index is 11.7. The lowest BCUT2D eigenvalue weighted by Crippen LogP contribution is -2.40. The molecule has 0 aliphatic carbocycles. The lowest BCUT2D eigenvalue weighted by Gasteiger charge is -2.24. The van der Waals surface area contributed by atoms with E-state index in [9.17, 15) is 4.79 Å². The highest BCUT2D eigenvalue weighted by atomic mass is 16.1. The average molecular weight is 472 g/mol. The summed E-state index contributed by atoms with van der Waals surface area (Å²) < 4.78 is 0. The monoisotopic (exact) mass is 471 g/mol. The van der Waals surface area contributed by atoms with E-state index in [0.29, 0.717) is 12.0 Å². The molecule has 1 aromatic heterocycles. The molecule has 2 aliphatic rings. The lowest BCUT2D eigenvalue weighted by molar-refractivity contribution is -0.119. The molecule has 2 saturated heterocycles. The Kier molecular flexibility index (Phi) is 6.55. The molecule has 3 heterocycles. The first-order valence-corrected chi connectivity index (χ1v) is 12.3. The molecular weight excluding hydrogens is 438 g/mol. The van der Waals surface area contributed by atoms with Crippen LogP contribution < -0.4 is 20.9 Å². The van der Waals surface area contributed by atoms with Gasteiger partial charge in [-0.3, -0.25) is 4.79 Å². The highest BCUT2D eigenvalue weighted by Crippen LogP contribution is 2.29. The topological polar surface area (TPSA) is 90.6 Å². The number of primary amides is 1. The fraction of sp³-hybridized carbons (Fsp3) is 0.370. The fourth-order valence-electron chi connectivity index (χ4n) is 5.06. The Labute approximate surface area is 206 Å². The van der Waals surface area contributed by atoms with E-state index in [2.05, 4.69) is 63.4 Å². The molecule has 0 spiro atoms. The van der Waals surface area contributed by atoms with Crippen molar-refractivity contribution in [1.29, 1.82) is 0 Å². The van der Waals surface area contributed by atoms with Gasteiger partial charge in [0.1, 0.15) is 6.04 Å². The summed E-state index contributed by atoms with van der Waals surface area (Å²) in [6.45, 7) is 2.99. The smallest absolute Gasteiger partial charge is 0.240 e. The van der Waals surface area contributed by atoms with Crippen LogP contribution in [0.15, 0.2) is 60.8 Å². The zero-order valence-corrected chi connectivity index (χ0v) is 20.4. The second-order valence-electron chi connectivity index (χ2n) is 9.59. The SMILES string of the molecule is CN(C)[C@@H]1CCN(c2ccc(Nc3nccc(-c4ccc(N5CCC[C@@H]5C(N)=O)cc4)n3)cc2)C1. The zero-order chi connectivity index (χ0) is 24.4. The molecule has 1 amide bonds. The minimum atomic E-state index is -0.260. The zero-order valence-electron chi connectivity index (χ0n) is 20.4. The third-order valence-corrected chi connectivity index (χ3v) is 7.11. The molecule has 3 N–H and O–H groups in total. The minimum Gasteiger partial charge on any atom is -0.370 e. The van der Waals surface area contributed by atoms with Crippen molar-refractivity contribution >= 4 is 28.9 Å². The number of nitrogens with zero attached hydrogens (tertiary/aromatic N) is 5. The molecule has 0 radical (unpaired) electrons. The van der Waals surface area contributed by atoms with E-state index < -0.39 is 0 Å². The summed E-state index contributed by atoms with van der Waals surface area (Å²) in [6, 6.07) is 18.9. The molecule has 2 aromatic carbocycles. The number of likely N-dealkylation sites (N-methyl/N-ethyl adjacent to an activating group) is 1. The second-order valence-corrected chi connectivity index (χ2v) is 9.59. The average Bonchev–Trinajstić information content (AvgIpc) is 3.56. The summed E-state index contributed by atoms with van der Waals surface area (Å²) in [7, 11) is 4.30. The highest BCUT2D eigenvalue weighted by Gasteiger charge is 2.29. The number of carbonyl (C=O) groups is 1. The van der Waals surface area contributed by atoms with Crippen molar-refractivity contribution in [3.8, 4) is 11.3 Å². The van der Waals surface area contributed by atoms with Crippen LogP contribution in [-0.4, -0.2) is 66.6 Å². The highest BCUT2D eigenvalue weighted by molar-refractivity contribution is 5.84. The Morgan fingerprint density at radius 1 is 1.00 bits per heavy atom. The number of nitrogens with two attached hydrogens (primary N) is 1. The van der Waals surface area contributed by atoms with E-state index in [4.69, 9.17) is 10.7 Å². The van der Waals surface area contributed by atoms with Gasteiger partial charge < -0.3 is 25.8 Å².